The molecule has 1 fully saturated rings. The predicted molar refractivity (Wildman–Crippen MR) is 90.4 cm³/mol. The van der Waals surface area contributed by atoms with Gasteiger partial charge in [-0.25, -0.2) is 26.7 Å². The molecule has 0 bridgehead atoms. The van der Waals surface area contributed by atoms with Gasteiger partial charge in [-0.1, -0.05) is 18.2 Å². The number of alkyl halides is 2. The molecule has 1 aliphatic rings. The Hall–Kier alpha value is -2.97. The highest BCUT2D eigenvalue weighted by molar-refractivity contribution is 6.01. The lowest BCUT2D eigenvalue weighted by Gasteiger charge is -2.30. The summed E-state index contributed by atoms with van der Waals surface area (Å²) in [5.74, 6) is -5.63. The van der Waals surface area contributed by atoms with Gasteiger partial charge in [0.05, 0.1) is 5.69 Å². The van der Waals surface area contributed by atoms with Crippen LogP contribution in [0.3, 0.4) is 0 Å². The summed E-state index contributed by atoms with van der Waals surface area (Å²) in [5, 5.41) is 2.04. The standard InChI is InChI=1S/C19H15F5N2O2/c20-13-4-5-14(17(22)16(13)21)25-19(28)26-7-6-11(9-15(26)27)10-2-1-3-12(8-10)18(23)24/h1-5,8,11,18H,6-7,9H2,(H,25,28). The fraction of sp³-hybridized carbons (Fsp3) is 0.263. The molecule has 0 radical (unpaired) electrons. The number of nitrogens with one attached hydrogen (secondary N) is 1. The number of nitrogens with zero attached hydrogens (tertiary/aromatic N) is 1. The Labute approximate surface area is 156 Å². The monoisotopic (exact) mass is 398 g/mol. The van der Waals surface area contributed by atoms with E-state index < -0.39 is 41.5 Å². The minimum atomic E-state index is -2.63. The van der Waals surface area contributed by atoms with Crippen molar-refractivity contribution >= 4 is 17.6 Å². The maximum absolute atomic E-state index is 13.7. The molecule has 2 aromatic carbocycles. The Balaban J connectivity index is 1.69. The highest BCUT2D eigenvalue weighted by Gasteiger charge is 2.31. The number of hydrogen-bond donors (Lipinski definition) is 1. The second-order valence-corrected chi connectivity index (χ2v) is 6.36. The van der Waals surface area contributed by atoms with Crippen molar-refractivity contribution in [1.29, 1.82) is 0 Å². The number of hydrogen-bond acceptors (Lipinski definition) is 2. The Morgan fingerprint density at radius 1 is 1.11 bits per heavy atom. The van der Waals surface area contributed by atoms with Crippen molar-refractivity contribution in [2.75, 3.05) is 11.9 Å². The van der Waals surface area contributed by atoms with Crippen LogP contribution in [0, 0.1) is 17.5 Å². The minimum absolute atomic E-state index is 0.0282. The number of benzene rings is 2. The molecule has 1 unspecified atom stereocenters. The molecule has 1 heterocycles. The van der Waals surface area contributed by atoms with Crippen molar-refractivity contribution in [3.8, 4) is 0 Å². The van der Waals surface area contributed by atoms with Gasteiger partial charge in [-0.05, 0) is 36.1 Å². The third-order valence-electron chi connectivity index (χ3n) is 4.58. The molecule has 28 heavy (non-hydrogen) atoms. The average molecular weight is 398 g/mol. The number of anilines is 1. The summed E-state index contributed by atoms with van der Waals surface area (Å²) in [5.41, 5.74) is -0.180. The van der Waals surface area contributed by atoms with Gasteiger partial charge in [0, 0.05) is 18.5 Å². The zero-order valence-electron chi connectivity index (χ0n) is 14.4. The lowest BCUT2D eigenvalue weighted by atomic mass is 9.88. The molecular formula is C19H15F5N2O2. The van der Waals surface area contributed by atoms with E-state index in [2.05, 4.69) is 0 Å². The second kappa shape index (κ2) is 7.95. The highest BCUT2D eigenvalue weighted by atomic mass is 19.3. The molecular weight excluding hydrogens is 383 g/mol. The van der Waals surface area contributed by atoms with Gasteiger partial charge in [0.25, 0.3) is 6.43 Å². The molecule has 0 spiro atoms. The number of likely N-dealkylation sites (tertiary alicyclic amines) is 1. The molecule has 148 valence electrons. The first-order valence-corrected chi connectivity index (χ1v) is 8.40. The summed E-state index contributed by atoms with van der Waals surface area (Å²) in [4.78, 5) is 25.4. The largest absolute Gasteiger partial charge is 0.328 e. The Bertz CT molecular complexity index is 919. The van der Waals surface area contributed by atoms with Crippen LogP contribution in [0.1, 0.15) is 36.3 Å². The van der Waals surface area contributed by atoms with Crippen LogP contribution in [-0.4, -0.2) is 23.4 Å². The van der Waals surface area contributed by atoms with Crippen LogP contribution < -0.4 is 5.32 Å². The summed E-state index contributed by atoms with van der Waals surface area (Å²) in [6, 6.07) is 6.25. The number of urea groups is 1. The topological polar surface area (TPSA) is 49.4 Å². The number of amides is 3. The molecule has 1 saturated heterocycles. The number of piperidine rings is 1. The van der Waals surface area contributed by atoms with E-state index in [-0.39, 0.29) is 24.4 Å². The van der Waals surface area contributed by atoms with E-state index in [1.807, 2.05) is 5.32 Å². The molecule has 1 atom stereocenters. The lowest BCUT2D eigenvalue weighted by Crippen LogP contribution is -2.44. The van der Waals surface area contributed by atoms with Crippen LogP contribution in [0.15, 0.2) is 36.4 Å². The summed E-state index contributed by atoms with van der Waals surface area (Å²) < 4.78 is 65.6. The Morgan fingerprint density at radius 3 is 2.54 bits per heavy atom. The number of carbonyl (C=O) groups excluding carboxylic acids is 2. The van der Waals surface area contributed by atoms with Crippen LogP contribution in [0.4, 0.5) is 32.4 Å². The molecule has 4 nitrogen and oxygen atoms in total. The number of rotatable bonds is 3. The van der Waals surface area contributed by atoms with Gasteiger partial charge in [0.15, 0.2) is 17.5 Å². The molecule has 2 aromatic rings. The van der Waals surface area contributed by atoms with E-state index in [1.54, 1.807) is 6.07 Å². The number of halogens is 5. The summed E-state index contributed by atoms with van der Waals surface area (Å²) in [7, 11) is 0. The maximum Gasteiger partial charge on any atom is 0.328 e. The van der Waals surface area contributed by atoms with Gasteiger partial charge >= 0.3 is 6.03 Å². The quantitative estimate of drug-likeness (QED) is 0.586. The van der Waals surface area contributed by atoms with Crippen LogP contribution in [-0.2, 0) is 4.79 Å². The predicted octanol–water partition coefficient (Wildman–Crippen LogP) is 4.98. The minimum Gasteiger partial charge on any atom is -0.305 e. The average Bonchev–Trinajstić information content (AvgIpc) is 2.68. The van der Waals surface area contributed by atoms with E-state index in [0.29, 0.717) is 18.1 Å². The normalized spacial score (nSPS) is 17.1. The third kappa shape index (κ3) is 3.97. The van der Waals surface area contributed by atoms with Crippen molar-refractivity contribution in [1.82, 2.24) is 4.90 Å². The molecule has 3 rings (SSSR count). The zero-order valence-corrected chi connectivity index (χ0v) is 14.4. The molecule has 0 aliphatic carbocycles. The van der Waals surface area contributed by atoms with E-state index in [1.165, 1.54) is 18.2 Å². The van der Waals surface area contributed by atoms with Gasteiger partial charge in [-0.3, -0.25) is 9.69 Å². The lowest BCUT2D eigenvalue weighted by molar-refractivity contribution is -0.130. The summed E-state index contributed by atoms with van der Waals surface area (Å²) in [6.07, 6.45) is -2.40. The molecule has 9 heteroatoms. The first-order valence-electron chi connectivity index (χ1n) is 8.40. The van der Waals surface area contributed by atoms with E-state index in [9.17, 15) is 31.5 Å². The molecule has 1 aliphatic heterocycles. The van der Waals surface area contributed by atoms with Gasteiger partial charge < -0.3 is 5.32 Å². The van der Waals surface area contributed by atoms with Crippen molar-refractivity contribution in [2.45, 2.75) is 25.2 Å². The maximum atomic E-state index is 13.7. The van der Waals surface area contributed by atoms with Gasteiger partial charge in [-0.15, -0.1) is 0 Å². The first-order chi connectivity index (χ1) is 13.3. The molecule has 0 saturated carbocycles. The number of carbonyl (C=O) groups is 2. The van der Waals surface area contributed by atoms with Gasteiger partial charge in [0.2, 0.25) is 5.91 Å². The smallest absolute Gasteiger partial charge is 0.305 e. The zero-order chi connectivity index (χ0) is 20.4. The van der Waals surface area contributed by atoms with Crippen molar-refractivity contribution in [3.63, 3.8) is 0 Å². The van der Waals surface area contributed by atoms with E-state index in [4.69, 9.17) is 0 Å². The van der Waals surface area contributed by atoms with Crippen LogP contribution >= 0.6 is 0 Å². The Kier molecular flexibility index (Phi) is 5.62. The fourth-order valence-electron chi connectivity index (χ4n) is 3.09. The molecule has 1 N–H and O–H groups in total. The summed E-state index contributed by atoms with van der Waals surface area (Å²) >= 11 is 0. The van der Waals surface area contributed by atoms with Crippen molar-refractivity contribution in [2.24, 2.45) is 0 Å². The molecule has 3 amide bonds. The van der Waals surface area contributed by atoms with Gasteiger partial charge in [0.1, 0.15) is 0 Å². The van der Waals surface area contributed by atoms with E-state index >= 15 is 0 Å². The first kappa shape index (κ1) is 19.8. The highest BCUT2D eigenvalue weighted by Crippen LogP contribution is 2.31. The van der Waals surface area contributed by atoms with Crippen molar-refractivity contribution < 1.29 is 31.5 Å². The van der Waals surface area contributed by atoms with E-state index in [0.717, 1.165) is 11.0 Å². The van der Waals surface area contributed by atoms with Crippen LogP contribution in [0.2, 0.25) is 0 Å². The SMILES string of the molecule is O=C1CC(c2cccc(C(F)F)c2)CCN1C(=O)Nc1ccc(F)c(F)c1F. The van der Waals surface area contributed by atoms with Crippen LogP contribution in [0.5, 0.6) is 0 Å². The van der Waals surface area contributed by atoms with Crippen molar-refractivity contribution in [3.05, 3.63) is 65.0 Å². The van der Waals surface area contributed by atoms with Gasteiger partial charge in [-0.2, -0.15) is 0 Å². The number of imide groups is 1. The second-order valence-electron chi connectivity index (χ2n) is 6.36. The Morgan fingerprint density at radius 2 is 1.86 bits per heavy atom. The van der Waals surface area contributed by atoms with Crippen LogP contribution in [0.25, 0.3) is 0 Å². The third-order valence-corrected chi connectivity index (χ3v) is 4.58. The summed E-state index contributed by atoms with van der Waals surface area (Å²) in [6.45, 7) is -0.0282. The fourth-order valence-corrected chi connectivity index (χ4v) is 3.09. The molecule has 0 aromatic heterocycles.